The first kappa shape index (κ1) is 16.9. The number of likely N-dealkylation sites (N-methyl/N-ethyl adjacent to an activating group) is 1. The van der Waals surface area contributed by atoms with Gasteiger partial charge < -0.3 is 15.0 Å². The summed E-state index contributed by atoms with van der Waals surface area (Å²) in [6.45, 7) is 18.0. The summed E-state index contributed by atoms with van der Waals surface area (Å²) in [7, 11) is 0. The van der Waals surface area contributed by atoms with E-state index >= 15 is 0 Å². The van der Waals surface area contributed by atoms with Crippen molar-refractivity contribution < 1.29 is 4.74 Å². The molecule has 1 rings (SSSR count). The second-order valence-electron chi connectivity index (χ2n) is 7.15. The van der Waals surface area contributed by atoms with E-state index in [1.807, 2.05) is 0 Å². The van der Waals surface area contributed by atoms with Gasteiger partial charge in [0.2, 0.25) is 0 Å². The summed E-state index contributed by atoms with van der Waals surface area (Å²) >= 11 is 0. The van der Waals surface area contributed by atoms with E-state index in [0.29, 0.717) is 11.5 Å². The van der Waals surface area contributed by atoms with Gasteiger partial charge in [-0.05, 0) is 37.3 Å². The number of nitrogens with one attached hydrogen (secondary N) is 1. The van der Waals surface area contributed by atoms with Crippen LogP contribution in [0.15, 0.2) is 0 Å². The van der Waals surface area contributed by atoms with Crippen molar-refractivity contribution in [1.29, 1.82) is 0 Å². The van der Waals surface area contributed by atoms with E-state index in [2.05, 4.69) is 44.8 Å². The van der Waals surface area contributed by atoms with E-state index in [-0.39, 0.29) is 0 Å². The fraction of sp³-hybridized carbons (Fsp3) is 1.00. The molecule has 1 N–H and O–H groups in total. The van der Waals surface area contributed by atoms with Gasteiger partial charge in [-0.1, -0.05) is 34.6 Å². The fourth-order valence-corrected chi connectivity index (χ4v) is 2.74. The Hall–Kier alpha value is -0.120. The van der Waals surface area contributed by atoms with Crippen LogP contribution in [-0.4, -0.2) is 50.3 Å². The smallest absolute Gasteiger partial charge is 0.0702 e. The molecule has 1 saturated heterocycles. The zero-order chi connectivity index (χ0) is 14.3. The van der Waals surface area contributed by atoms with Gasteiger partial charge in [0.1, 0.15) is 0 Å². The summed E-state index contributed by atoms with van der Waals surface area (Å²) in [5, 5.41) is 3.59. The quantitative estimate of drug-likeness (QED) is 0.697. The molecule has 1 heterocycles. The first-order chi connectivity index (χ1) is 8.93. The molecule has 0 spiro atoms. The highest BCUT2D eigenvalue weighted by molar-refractivity contribution is 4.79. The second kappa shape index (κ2) is 8.23. The minimum Gasteiger partial charge on any atom is -0.377 e. The number of nitrogens with zero attached hydrogens (tertiary/aromatic N) is 1. The lowest BCUT2D eigenvalue weighted by molar-refractivity contribution is 0.0611. The molecule has 0 aromatic rings. The third-order valence-corrected chi connectivity index (χ3v) is 3.74. The lowest BCUT2D eigenvalue weighted by Gasteiger charge is -2.33. The van der Waals surface area contributed by atoms with Crippen molar-refractivity contribution in [2.45, 2.75) is 53.6 Å². The standard InChI is InChI=1S/C16H34N2O/c1-6-18(11-15-8-7-9-19-15)13-16(4,5)12-17-10-14(2)3/h14-15,17H,6-13H2,1-5H3. The fourth-order valence-electron chi connectivity index (χ4n) is 2.74. The second-order valence-corrected chi connectivity index (χ2v) is 7.15. The summed E-state index contributed by atoms with van der Waals surface area (Å²) in [4.78, 5) is 2.55. The van der Waals surface area contributed by atoms with Crippen LogP contribution in [0.5, 0.6) is 0 Å². The Labute approximate surface area is 120 Å². The van der Waals surface area contributed by atoms with Crippen molar-refractivity contribution in [3.05, 3.63) is 0 Å². The van der Waals surface area contributed by atoms with Crippen molar-refractivity contribution in [3.8, 4) is 0 Å². The van der Waals surface area contributed by atoms with Crippen molar-refractivity contribution in [2.24, 2.45) is 11.3 Å². The Kier molecular flexibility index (Phi) is 7.33. The van der Waals surface area contributed by atoms with Gasteiger partial charge in [-0.15, -0.1) is 0 Å². The van der Waals surface area contributed by atoms with Crippen LogP contribution in [0.4, 0.5) is 0 Å². The molecule has 0 amide bonds. The van der Waals surface area contributed by atoms with Gasteiger partial charge in [-0.2, -0.15) is 0 Å². The van der Waals surface area contributed by atoms with E-state index in [0.717, 1.165) is 45.2 Å². The van der Waals surface area contributed by atoms with Crippen LogP contribution >= 0.6 is 0 Å². The molecule has 0 radical (unpaired) electrons. The molecular formula is C16H34N2O. The first-order valence-corrected chi connectivity index (χ1v) is 7.97. The molecule has 1 aliphatic rings. The molecule has 1 unspecified atom stereocenters. The van der Waals surface area contributed by atoms with E-state index < -0.39 is 0 Å². The van der Waals surface area contributed by atoms with Gasteiger partial charge in [0, 0.05) is 26.2 Å². The van der Waals surface area contributed by atoms with E-state index in [4.69, 9.17) is 4.74 Å². The highest BCUT2D eigenvalue weighted by atomic mass is 16.5. The van der Waals surface area contributed by atoms with Crippen LogP contribution < -0.4 is 5.32 Å². The molecule has 0 saturated carbocycles. The monoisotopic (exact) mass is 270 g/mol. The highest BCUT2D eigenvalue weighted by Crippen LogP contribution is 2.19. The molecule has 0 aromatic carbocycles. The van der Waals surface area contributed by atoms with Gasteiger partial charge in [0.05, 0.1) is 6.10 Å². The van der Waals surface area contributed by atoms with Crippen molar-refractivity contribution >= 4 is 0 Å². The number of rotatable bonds is 9. The van der Waals surface area contributed by atoms with Crippen LogP contribution in [0.25, 0.3) is 0 Å². The minimum absolute atomic E-state index is 0.323. The molecule has 0 aliphatic carbocycles. The first-order valence-electron chi connectivity index (χ1n) is 7.97. The summed E-state index contributed by atoms with van der Waals surface area (Å²) in [5.74, 6) is 0.727. The molecule has 3 nitrogen and oxygen atoms in total. The molecular weight excluding hydrogens is 236 g/mol. The van der Waals surface area contributed by atoms with Gasteiger partial charge in [-0.25, -0.2) is 0 Å². The van der Waals surface area contributed by atoms with Crippen LogP contribution in [0, 0.1) is 11.3 Å². The number of ether oxygens (including phenoxy) is 1. The molecule has 0 aromatic heterocycles. The molecule has 3 heteroatoms. The third kappa shape index (κ3) is 7.28. The zero-order valence-corrected chi connectivity index (χ0v) is 13.7. The van der Waals surface area contributed by atoms with Crippen LogP contribution in [0.1, 0.15) is 47.5 Å². The van der Waals surface area contributed by atoms with E-state index in [9.17, 15) is 0 Å². The summed E-state index contributed by atoms with van der Waals surface area (Å²) in [6.07, 6.45) is 2.95. The predicted octanol–water partition coefficient (Wildman–Crippen LogP) is 2.76. The Bertz CT molecular complexity index is 235. The van der Waals surface area contributed by atoms with Crippen LogP contribution in [-0.2, 0) is 4.74 Å². The van der Waals surface area contributed by atoms with Crippen LogP contribution in [0.3, 0.4) is 0 Å². The Morgan fingerprint density at radius 1 is 1.37 bits per heavy atom. The normalized spacial score (nSPS) is 20.7. The average Bonchev–Trinajstić information content (AvgIpc) is 2.79. The molecule has 1 aliphatic heterocycles. The van der Waals surface area contributed by atoms with Gasteiger partial charge in [0.25, 0.3) is 0 Å². The summed E-state index contributed by atoms with van der Waals surface area (Å²) in [5.41, 5.74) is 0.323. The predicted molar refractivity (Wildman–Crippen MR) is 82.6 cm³/mol. The summed E-state index contributed by atoms with van der Waals surface area (Å²) in [6, 6.07) is 0. The van der Waals surface area contributed by atoms with Gasteiger partial charge >= 0.3 is 0 Å². The molecule has 114 valence electrons. The SMILES string of the molecule is CCN(CC1CCCO1)CC(C)(C)CNCC(C)C. The van der Waals surface area contributed by atoms with Gasteiger partial charge in [0.15, 0.2) is 0 Å². The van der Waals surface area contributed by atoms with Crippen molar-refractivity contribution in [2.75, 3.05) is 39.3 Å². The third-order valence-electron chi connectivity index (χ3n) is 3.74. The Morgan fingerprint density at radius 2 is 2.11 bits per heavy atom. The highest BCUT2D eigenvalue weighted by Gasteiger charge is 2.24. The topological polar surface area (TPSA) is 24.5 Å². The summed E-state index contributed by atoms with van der Waals surface area (Å²) < 4.78 is 5.76. The number of hydrogen-bond donors (Lipinski definition) is 1. The van der Waals surface area contributed by atoms with E-state index in [1.165, 1.54) is 12.8 Å². The minimum atomic E-state index is 0.323. The Balaban J connectivity index is 2.30. The van der Waals surface area contributed by atoms with Crippen molar-refractivity contribution in [3.63, 3.8) is 0 Å². The number of hydrogen-bond acceptors (Lipinski definition) is 3. The zero-order valence-electron chi connectivity index (χ0n) is 13.7. The largest absolute Gasteiger partial charge is 0.377 e. The lowest BCUT2D eigenvalue weighted by Crippen LogP contribution is -2.43. The molecule has 1 fully saturated rings. The van der Waals surface area contributed by atoms with Crippen molar-refractivity contribution in [1.82, 2.24) is 10.2 Å². The molecule has 0 bridgehead atoms. The van der Waals surface area contributed by atoms with Gasteiger partial charge in [-0.3, -0.25) is 0 Å². The molecule has 1 atom stereocenters. The molecule has 19 heavy (non-hydrogen) atoms. The average molecular weight is 270 g/mol. The maximum atomic E-state index is 5.76. The van der Waals surface area contributed by atoms with Crippen LogP contribution in [0.2, 0.25) is 0 Å². The van der Waals surface area contributed by atoms with E-state index in [1.54, 1.807) is 0 Å². The Morgan fingerprint density at radius 3 is 2.63 bits per heavy atom. The lowest BCUT2D eigenvalue weighted by atomic mass is 9.92. The maximum absolute atomic E-state index is 5.76. The maximum Gasteiger partial charge on any atom is 0.0702 e.